The first kappa shape index (κ1) is 14.1. The fourth-order valence-corrected chi connectivity index (χ4v) is 2.52. The van der Waals surface area contributed by atoms with Gasteiger partial charge in [0, 0.05) is 10.9 Å². The van der Waals surface area contributed by atoms with E-state index in [0.29, 0.717) is 22.3 Å². The van der Waals surface area contributed by atoms with Gasteiger partial charge < -0.3 is 4.42 Å². The van der Waals surface area contributed by atoms with Crippen LogP contribution >= 0.6 is 11.6 Å². The van der Waals surface area contributed by atoms with Crippen molar-refractivity contribution in [2.24, 2.45) is 0 Å². The lowest BCUT2D eigenvalue weighted by Gasteiger charge is -2.01. The molecule has 3 aromatic heterocycles. The van der Waals surface area contributed by atoms with Gasteiger partial charge in [0.25, 0.3) is 0 Å². The Kier molecular flexibility index (Phi) is 2.89. The van der Waals surface area contributed by atoms with E-state index in [1.165, 1.54) is 10.6 Å². The molecule has 0 N–H and O–H groups in total. The predicted molar refractivity (Wildman–Crippen MR) is 78.2 cm³/mol. The first-order valence-corrected chi connectivity index (χ1v) is 6.91. The number of hydrogen-bond acceptors (Lipinski definition) is 3. The number of hydrogen-bond donors (Lipinski definition) is 0. The van der Waals surface area contributed by atoms with E-state index in [1.807, 2.05) is 0 Å². The van der Waals surface area contributed by atoms with Crippen molar-refractivity contribution in [3.05, 3.63) is 53.5 Å². The topological polar surface area (TPSA) is 43.3 Å². The summed E-state index contributed by atoms with van der Waals surface area (Å²) in [6, 6.07) is 9.06. The molecule has 0 fully saturated rings. The van der Waals surface area contributed by atoms with E-state index < -0.39 is 11.9 Å². The number of furan rings is 1. The van der Waals surface area contributed by atoms with E-state index in [1.54, 1.807) is 30.5 Å². The second kappa shape index (κ2) is 4.73. The summed E-state index contributed by atoms with van der Waals surface area (Å²) in [5.41, 5.74) is 1.96. The number of benzene rings is 1. The minimum absolute atomic E-state index is 0.145. The van der Waals surface area contributed by atoms with Crippen LogP contribution < -0.4 is 0 Å². The van der Waals surface area contributed by atoms with Crippen molar-refractivity contribution in [3.8, 4) is 11.3 Å². The van der Waals surface area contributed by atoms with Crippen LogP contribution in [0.3, 0.4) is 0 Å². The fourth-order valence-electron chi connectivity index (χ4n) is 2.38. The summed E-state index contributed by atoms with van der Waals surface area (Å²) in [6.45, 7) is 0. The Bertz CT molecular complexity index is 1040. The van der Waals surface area contributed by atoms with Crippen molar-refractivity contribution in [1.82, 2.24) is 14.6 Å². The highest BCUT2D eigenvalue weighted by Gasteiger charge is 2.35. The Morgan fingerprint density at radius 2 is 1.91 bits per heavy atom. The number of rotatable bonds is 1. The number of nitrogens with zero attached hydrogens (tertiary/aromatic N) is 3. The van der Waals surface area contributed by atoms with E-state index in [0.717, 1.165) is 6.07 Å². The van der Waals surface area contributed by atoms with Gasteiger partial charge in [-0.1, -0.05) is 23.7 Å². The zero-order valence-electron chi connectivity index (χ0n) is 11.3. The maximum atomic E-state index is 12.7. The second-order valence-electron chi connectivity index (χ2n) is 4.93. The van der Waals surface area contributed by atoms with Crippen LogP contribution in [-0.2, 0) is 6.18 Å². The van der Waals surface area contributed by atoms with Crippen LogP contribution in [0.25, 0.3) is 27.9 Å². The molecular weight excluding hydrogens is 331 g/mol. The molecule has 4 rings (SSSR count). The van der Waals surface area contributed by atoms with Crippen molar-refractivity contribution >= 4 is 28.2 Å². The summed E-state index contributed by atoms with van der Waals surface area (Å²) >= 11 is 5.88. The van der Waals surface area contributed by atoms with Crippen molar-refractivity contribution in [1.29, 1.82) is 0 Å². The van der Waals surface area contributed by atoms with Crippen LogP contribution in [0.1, 0.15) is 5.76 Å². The van der Waals surface area contributed by atoms with Crippen LogP contribution in [0, 0.1) is 0 Å². The minimum atomic E-state index is -4.52. The van der Waals surface area contributed by atoms with Gasteiger partial charge in [-0.05, 0) is 24.3 Å². The highest BCUT2D eigenvalue weighted by atomic mass is 35.5. The van der Waals surface area contributed by atoms with Crippen LogP contribution in [0.4, 0.5) is 13.2 Å². The SMILES string of the molecule is FC(F)(F)c1cc2ccc(-c3cnc4ccc(Cl)nn34)cc2o1. The normalized spacial score (nSPS) is 12.3. The van der Waals surface area contributed by atoms with Crippen LogP contribution in [-0.4, -0.2) is 14.6 Å². The van der Waals surface area contributed by atoms with Crippen molar-refractivity contribution in [2.75, 3.05) is 0 Å². The lowest BCUT2D eigenvalue weighted by atomic mass is 10.1. The Hall–Kier alpha value is -2.54. The lowest BCUT2D eigenvalue weighted by molar-refractivity contribution is -0.152. The predicted octanol–water partition coefficient (Wildman–Crippen LogP) is 4.81. The molecule has 4 aromatic rings. The molecule has 0 bridgehead atoms. The summed E-state index contributed by atoms with van der Waals surface area (Å²) in [6.07, 6.45) is -2.94. The number of alkyl halides is 3. The molecule has 8 heteroatoms. The largest absolute Gasteiger partial charge is 0.451 e. The monoisotopic (exact) mass is 337 g/mol. The van der Waals surface area contributed by atoms with E-state index in [9.17, 15) is 13.2 Å². The van der Waals surface area contributed by atoms with E-state index in [2.05, 4.69) is 10.1 Å². The zero-order chi connectivity index (χ0) is 16.2. The summed E-state index contributed by atoms with van der Waals surface area (Å²) in [5, 5.41) is 4.81. The van der Waals surface area contributed by atoms with Crippen LogP contribution in [0.2, 0.25) is 5.15 Å². The molecule has 116 valence electrons. The lowest BCUT2D eigenvalue weighted by Crippen LogP contribution is -2.01. The highest BCUT2D eigenvalue weighted by Crippen LogP contribution is 2.35. The number of imidazole rings is 1. The molecule has 0 atom stereocenters. The van der Waals surface area contributed by atoms with E-state index in [4.69, 9.17) is 16.0 Å². The maximum absolute atomic E-state index is 12.7. The smallest absolute Gasteiger partial charge is 0.449 e. The first-order valence-electron chi connectivity index (χ1n) is 6.53. The average molecular weight is 338 g/mol. The maximum Gasteiger partial charge on any atom is 0.449 e. The third-order valence-corrected chi connectivity index (χ3v) is 3.63. The fraction of sp³-hybridized carbons (Fsp3) is 0.0667. The minimum Gasteiger partial charge on any atom is -0.451 e. The average Bonchev–Trinajstić information content (AvgIpc) is 3.08. The molecule has 0 amide bonds. The Morgan fingerprint density at radius 1 is 1.09 bits per heavy atom. The van der Waals surface area contributed by atoms with Gasteiger partial charge >= 0.3 is 6.18 Å². The Morgan fingerprint density at radius 3 is 2.70 bits per heavy atom. The zero-order valence-corrected chi connectivity index (χ0v) is 12.1. The summed E-state index contributed by atoms with van der Waals surface area (Å²) in [5.74, 6) is -1.02. The van der Waals surface area contributed by atoms with Gasteiger partial charge in [-0.2, -0.15) is 18.3 Å². The van der Waals surface area contributed by atoms with Crippen LogP contribution in [0.5, 0.6) is 0 Å². The third kappa shape index (κ3) is 2.33. The molecule has 0 saturated heterocycles. The molecular formula is C15H7ClF3N3O. The van der Waals surface area contributed by atoms with Gasteiger partial charge in [0.2, 0.25) is 5.76 Å². The van der Waals surface area contributed by atoms with Gasteiger partial charge in [-0.25, -0.2) is 9.50 Å². The standard InChI is InChI=1S/C15H7ClF3N3O/c16-13-3-4-14-20-7-10(22(14)21-13)8-1-2-9-6-12(15(17,18)19)23-11(9)5-8/h1-7H. The highest BCUT2D eigenvalue weighted by molar-refractivity contribution is 6.29. The quantitative estimate of drug-likeness (QED) is 0.500. The molecule has 0 radical (unpaired) electrons. The number of halogens is 4. The van der Waals surface area contributed by atoms with Crippen molar-refractivity contribution in [2.45, 2.75) is 6.18 Å². The Labute approximate surface area is 132 Å². The van der Waals surface area contributed by atoms with E-state index in [-0.39, 0.29) is 10.7 Å². The molecule has 23 heavy (non-hydrogen) atoms. The summed E-state index contributed by atoms with van der Waals surface area (Å²) in [4.78, 5) is 4.19. The van der Waals surface area contributed by atoms with Crippen molar-refractivity contribution in [3.63, 3.8) is 0 Å². The third-order valence-electron chi connectivity index (χ3n) is 3.42. The van der Waals surface area contributed by atoms with Gasteiger partial charge in [-0.3, -0.25) is 0 Å². The molecule has 0 aliphatic heterocycles. The summed E-state index contributed by atoms with van der Waals surface area (Å²) < 4.78 is 44.6. The first-order chi connectivity index (χ1) is 10.9. The van der Waals surface area contributed by atoms with Gasteiger partial charge in [-0.15, -0.1) is 0 Å². The molecule has 0 unspecified atom stereocenters. The molecule has 0 aliphatic rings. The van der Waals surface area contributed by atoms with E-state index >= 15 is 0 Å². The van der Waals surface area contributed by atoms with Gasteiger partial charge in [0.15, 0.2) is 5.65 Å². The summed E-state index contributed by atoms with van der Waals surface area (Å²) in [7, 11) is 0. The number of aromatic nitrogens is 3. The molecule has 1 aromatic carbocycles. The van der Waals surface area contributed by atoms with Crippen molar-refractivity contribution < 1.29 is 17.6 Å². The molecule has 3 heterocycles. The molecule has 0 saturated carbocycles. The van der Waals surface area contributed by atoms with Gasteiger partial charge in [0.1, 0.15) is 10.7 Å². The number of fused-ring (bicyclic) bond motifs is 2. The molecule has 0 spiro atoms. The van der Waals surface area contributed by atoms with Gasteiger partial charge in [0.05, 0.1) is 11.9 Å². The Balaban J connectivity index is 1.89. The molecule has 4 nitrogen and oxygen atoms in total. The second-order valence-corrected chi connectivity index (χ2v) is 5.32. The molecule has 0 aliphatic carbocycles. The van der Waals surface area contributed by atoms with Crippen LogP contribution in [0.15, 0.2) is 47.0 Å².